The predicted molar refractivity (Wildman–Crippen MR) is 229 cm³/mol. The SMILES string of the molecule is c1ccc(-c2cc(-c3ccccc3)cc(N(c3ccccc3)c3ccc(-c4cccc5c(-c6ccccc6)c6c7ccccc7ccc6n45)cc3)c2)cc1. The van der Waals surface area contributed by atoms with E-state index in [2.05, 4.69) is 228 Å². The molecule has 10 aromatic rings. The molecule has 10 rings (SSSR count). The fourth-order valence-electron chi connectivity index (χ4n) is 8.06. The second-order valence-corrected chi connectivity index (χ2v) is 13.8. The van der Waals surface area contributed by atoms with Gasteiger partial charge in [0.2, 0.25) is 0 Å². The van der Waals surface area contributed by atoms with Crippen LogP contribution in [-0.4, -0.2) is 4.40 Å². The molecule has 0 fully saturated rings. The summed E-state index contributed by atoms with van der Waals surface area (Å²) in [6.45, 7) is 0. The Bertz CT molecular complexity index is 2840. The molecule has 254 valence electrons. The minimum atomic E-state index is 1.09. The van der Waals surface area contributed by atoms with Crippen molar-refractivity contribution in [3.05, 3.63) is 218 Å². The van der Waals surface area contributed by atoms with Crippen molar-refractivity contribution in [2.75, 3.05) is 4.90 Å². The lowest BCUT2D eigenvalue weighted by atomic mass is 9.97. The van der Waals surface area contributed by atoms with Gasteiger partial charge in [-0.25, -0.2) is 0 Å². The molecule has 0 radical (unpaired) electrons. The average molecular weight is 689 g/mol. The van der Waals surface area contributed by atoms with E-state index in [0.717, 1.165) is 28.3 Å². The van der Waals surface area contributed by atoms with Gasteiger partial charge in [0.05, 0.1) is 16.7 Å². The van der Waals surface area contributed by atoms with Crippen molar-refractivity contribution < 1.29 is 0 Å². The normalized spacial score (nSPS) is 11.3. The number of hydrogen-bond acceptors (Lipinski definition) is 1. The Morgan fingerprint density at radius 3 is 1.52 bits per heavy atom. The summed E-state index contributed by atoms with van der Waals surface area (Å²) in [6, 6.07) is 78.8. The lowest BCUT2D eigenvalue weighted by Gasteiger charge is -2.27. The van der Waals surface area contributed by atoms with Gasteiger partial charge in [0, 0.05) is 28.0 Å². The third-order valence-corrected chi connectivity index (χ3v) is 10.5. The Morgan fingerprint density at radius 1 is 0.315 bits per heavy atom. The molecule has 0 aliphatic carbocycles. The number of aromatic nitrogens is 1. The zero-order chi connectivity index (χ0) is 35.8. The van der Waals surface area contributed by atoms with Crippen LogP contribution in [-0.2, 0) is 0 Å². The highest BCUT2D eigenvalue weighted by molar-refractivity contribution is 6.19. The predicted octanol–water partition coefficient (Wildman–Crippen LogP) is 14.4. The molecule has 0 bridgehead atoms. The Labute approximate surface area is 315 Å². The fourth-order valence-corrected chi connectivity index (χ4v) is 8.06. The van der Waals surface area contributed by atoms with Crippen LogP contribution in [0.25, 0.3) is 71.8 Å². The average Bonchev–Trinajstić information content (AvgIpc) is 3.61. The van der Waals surface area contributed by atoms with Crippen molar-refractivity contribution in [1.29, 1.82) is 0 Å². The third kappa shape index (κ3) is 5.53. The number of fused-ring (bicyclic) bond motifs is 5. The van der Waals surface area contributed by atoms with Gasteiger partial charge in [-0.3, -0.25) is 0 Å². The van der Waals surface area contributed by atoms with Gasteiger partial charge in [-0.05, 0) is 105 Å². The summed E-state index contributed by atoms with van der Waals surface area (Å²) in [5, 5.41) is 3.80. The molecule has 0 N–H and O–H groups in total. The molecule has 2 heterocycles. The lowest BCUT2D eigenvalue weighted by molar-refractivity contribution is 1.25. The van der Waals surface area contributed by atoms with Crippen LogP contribution < -0.4 is 4.90 Å². The molecule has 2 heteroatoms. The van der Waals surface area contributed by atoms with Crippen molar-refractivity contribution in [3.8, 4) is 44.6 Å². The van der Waals surface area contributed by atoms with Crippen LogP contribution in [0, 0.1) is 0 Å². The van der Waals surface area contributed by atoms with E-state index >= 15 is 0 Å². The molecule has 0 aliphatic rings. The maximum atomic E-state index is 2.45. The molecule has 0 unspecified atom stereocenters. The maximum absolute atomic E-state index is 2.45. The van der Waals surface area contributed by atoms with Gasteiger partial charge in [0.1, 0.15) is 0 Å². The Morgan fingerprint density at radius 2 is 0.870 bits per heavy atom. The maximum Gasteiger partial charge on any atom is 0.0548 e. The number of anilines is 3. The number of rotatable bonds is 7. The van der Waals surface area contributed by atoms with E-state index < -0.39 is 0 Å². The van der Waals surface area contributed by atoms with Gasteiger partial charge in [0.15, 0.2) is 0 Å². The Kier molecular flexibility index (Phi) is 7.85. The van der Waals surface area contributed by atoms with E-state index in [1.807, 2.05) is 0 Å². The highest BCUT2D eigenvalue weighted by Gasteiger charge is 2.20. The van der Waals surface area contributed by atoms with E-state index in [9.17, 15) is 0 Å². The molecular formula is C52H36N2. The monoisotopic (exact) mass is 688 g/mol. The standard InChI is InChI=1S/C52H36N2/c1-5-16-37(17-6-1)42-34-43(38-18-7-2-8-19-38)36-46(35-42)53(44-23-11-4-12-24-44)45-31-28-40(29-32-45)48-26-15-27-49-51(41-21-9-3-10-22-41)52-47-25-14-13-20-39(47)30-33-50(52)54(48)49/h1-36H. The van der Waals surface area contributed by atoms with Gasteiger partial charge >= 0.3 is 0 Å². The minimum absolute atomic E-state index is 1.09. The number of pyridine rings is 1. The van der Waals surface area contributed by atoms with Gasteiger partial charge in [-0.1, -0.05) is 158 Å². The van der Waals surface area contributed by atoms with Crippen LogP contribution in [0.1, 0.15) is 0 Å². The summed E-state index contributed by atoms with van der Waals surface area (Å²) >= 11 is 0. The van der Waals surface area contributed by atoms with Crippen LogP contribution in [0.3, 0.4) is 0 Å². The second-order valence-electron chi connectivity index (χ2n) is 13.8. The van der Waals surface area contributed by atoms with Crippen molar-refractivity contribution in [1.82, 2.24) is 4.40 Å². The van der Waals surface area contributed by atoms with Crippen molar-refractivity contribution >= 4 is 44.3 Å². The summed E-state index contributed by atoms with van der Waals surface area (Å²) in [7, 11) is 0. The topological polar surface area (TPSA) is 7.65 Å². The van der Waals surface area contributed by atoms with Crippen LogP contribution in [0.15, 0.2) is 218 Å². The minimum Gasteiger partial charge on any atom is -0.310 e. The molecule has 0 atom stereocenters. The third-order valence-electron chi connectivity index (χ3n) is 10.5. The Balaban J connectivity index is 1.15. The summed E-state index contributed by atoms with van der Waals surface area (Å²) in [6.07, 6.45) is 0. The van der Waals surface area contributed by atoms with E-state index in [1.165, 1.54) is 60.6 Å². The van der Waals surface area contributed by atoms with Crippen molar-refractivity contribution in [2.45, 2.75) is 0 Å². The molecule has 0 spiro atoms. The van der Waals surface area contributed by atoms with Gasteiger partial charge in [-0.15, -0.1) is 0 Å². The number of benzene rings is 8. The first-order valence-electron chi connectivity index (χ1n) is 18.5. The first-order valence-corrected chi connectivity index (χ1v) is 18.5. The first-order chi connectivity index (χ1) is 26.8. The zero-order valence-corrected chi connectivity index (χ0v) is 29.7. The van der Waals surface area contributed by atoms with Crippen molar-refractivity contribution in [2.24, 2.45) is 0 Å². The highest BCUT2D eigenvalue weighted by Crippen LogP contribution is 2.43. The van der Waals surface area contributed by atoms with Crippen LogP contribution >= 0.6 is 0 Å². The van der Waals surface area contributed by atoms with Gasteiger partial charge in [-0.2, -0.15) is 0 Å². The van der Waals surface area contributed by atoms with Crippen LogP contribution in [0.2, 0.25) is 0 Å². The number of para-hydroxylation sites is 1. The molecule has 0 saturated heterocycles. The lowest BCUT2D eigenvalue weighted by Crippen LogP contribution is -2.10. The fraction of sp³-hybridized carbons (Fsp3) is 0. The molecule has 0 aliphatic heterocycles. The molecule has 2 nitrogen and oxygen atoms in total. The smallest absolute Gasteiger partial charge is 0.0548 e. The first kappa shape index (κ1) is 31.6. The quantitative estimate of drug-likeness (QED) is 0.162. The van der Waals surface area contributed by atoms with E-state index in [1.54, 1.807) is 0 Å². The van der Waals surface area contributed by atoms with Gasteiger partial charge < -0.3 is 9.30 Å². The van der Waals surface area contributed by atoms with Gasteiger partial charge in [0.25, 0.3) is 0 Å². The molecule has 8 aromatic carbocycles. The summed E-state index contributed by atoms with van der Waals surface area (Å²) in [5.41, 5.74) is 15.2. The highest BCUT2D eigenvalue weighted by atomic mass is 15.1. The summed E-state index contributed by atoms with van der Waals surface area (Å²) in [5.74, 6) is 0. The summed E-state index contributed by atoms with van der Waals surface area (Å²) < 4.78 is 2.45. The van der Waals surface area contributed by atoms with Crippen LogP contribution in [0.4, 0.5) is 17.1 Å². The summed E-state index contributed by atoms with van der Waals surface area (Å²) in [4.78, 5) is 2.37. The van der Waals surface area contributed by atoms with Crippen molar-refractivity contribution in [3.63, 3.8) is 0 Å². The Hall–Kier alpha value is -7.16. The van der Waals surface area contributed by atoms with E-state index in [0.29, 0.717) is 0 Å². The van der Waals surface area contributed by atoms with Crippen LogP contribution in [0.5, 0.6) is 0 Å². The number of nitrogens with zero attached hydrogens (tertiary/aromatic N) is 2. The molecule has 0 amide bonds. The van der Waals surface area contributed by atoms with E-state index in [-0.39, 0.29) is 0 Å². The molecule has 2 aromatic heterocycles. The zero-order valence-electron chi connectivity index (χ0n) is 29.7. The molecule has 0 saturated carbocycles. The second kappa shape index (κ2) is 13.4. The molecule has 54 heavy (non-hydrogen) atoms. The molecular weight excluding hydrogens is 653 g/mol. The largest absolute Gasteiger partial charge is 0.310 e. The number of hydrogen-bond donors (Lipinski definition) is 0. The van der Waals surface area contributed by atoms with E-state index in [4.69, 9.17) is 0 Å².